The lowest BCUT2D eigenvalue weighted by Crippen LogP contribution is -2.54. The first-order valence-electron chi connectivity index (χ1n) is 6.49. The van der Waals surface area contributed by atoms with Crippen molar-refractivity contribution in [2.45, 2.75) is 63.7 Å². The number of thioether (sulfide) groups is 1. The summed E-state index contributed by atoms with van der Waals surface area (Å²) in [5, 5.41) is 3.02. The van der Waals surface area contributed by atoms with Gasteiger partial charge < -0.3 is 11.1 Å². The van der Waals surface area contributed by atoms with E-state index in [-0.39, 0.29) is 10.7 Å². The molecule has 1 atom stereocenters. The van der Waals surface area contributed by atoms with E-state index in [0.29, 0.717) is 6.54 Å². The number of amides is 1. The molecule has 0 aliphatic heterocycles. The Bertz CT molecular complexity index is 229. The van der Waals surface area contributed by atoms with Crippen LogP contribution in [0.4, 0.5) is 0 Å². The molecule has 4 heteroatoms. The molecule has 1 amide bonds. The maximum Gasteiger partial charge on any atom is 0.239 e. The number of rotatable bonds is 8. The third-order valence-corrected chi connectivity index (χ3v) is 5.17. The summed E-state index contributed by atoms with van der Waals surface area (Å²) in [7, 11) is 0. The van der Waals surface area contributed by atoms with Crippen LogP contribution in [0.3, 0.4) is 0 Å². The minimum atomic E-state index is -0.736. The third kappa shape index (κ3) is 4.88. The predicted octanol–water partition coefficient (Wildman–Crippen LogP) is 2.54. The molecule has 0 aliphatic rings. The van der Waals surface area contributed by atoms with E-state index in [2.05, 4.69) is 25.4 Å². The van der Waals surface area contributed by atoms with Gasteiger partial charge in [0, 0.05) is 11.3 Å². The van der Waals surface area contributed by atoms with Crippen molar-refractivity contribution >= 4 is 17.7 Å². The van der Waals surface area contributed by atoms with Gasteiger partial charge in [-0.15, -0.1) is 0 Å². The number of hydrogen-bond acceptors (Lipinski definition) is 3. The highest BCUT2D eigenvalue weighted by atomic mass is 32.2. The number of carbonyl (C=O) groups excluding carboxylic acids is 1. The molecule has 0 heterocycles. The van der Waals surface area contributed by atoms with E-state index in [9.17, 15) is 4.79 Å². The Kier molecular flexibility index (Phi) is 7.17. The minimum Gasteiger partial charge on any atom is -0.353 e. The highest BCUT2D eigenvalue weighted by molar-refractivity contribution is 8.00. The lowest BCUT2D eigenvalue weighted by atomic mass is 9.95. The zero-order chi connectivity index (χ0) is 13.5. The van der Waals surface area contributed by atoms with Gasteiger partial charge in [0.1, 0.15) is 0 Å². The zero-order valence-corrected chi connectivity index (χ0v) is 12.7. The van der Waals surface area contributed by atoms with Crippen molar-refractivity contribution in [2.24, 2.45) is 5.73 Å². The smallest absolute Gasteiger partial charge is 0.239 e. The second-order valence-corrected chi connectivity index (χ2v) is 6.22. The number of carbonyl (C=O) groups is 1. The summed E-state index contributed by atoms with van der Waals surface area (Å²) in [6, 6.07) is 0. The molecule has 0 radical (unpaired) electrons. The fourth-order valence-electron chi connectivity index (χ4n) is 1.94. The Morgan fingerprint density at radius 1 is 1.29 bits per heavy atom. The summed E-state index contributed by atoms with van der Waals surface area (Å²) < 4.78 is 0.151. The van der Waals surface area contributed by atoms with E-state index in [0.717, 1.165) is 25.7 Å². The second kappa shape index (κ2) is 7.27. The van der Waals surface area contributed by atoms with E-state index in [1.807, 2.05) is 25.6 Å². The Morgan fingerprint density at radius 2 is 1.82 bits per heavy atom. The summed E-state index contributed by atoms with van der Waals surface area (Å²) in [6.07, 6.45) is 5.87. The van der Waals surface area contributed by atoms with Gasteiger partial charge in [0.05, 0.1) is 5.54 Å². The summed E-state index contributed by atoms with van der Waals surface area (Å²) in [6.45, 7) is 8.89. The largest absolute Gasteiger partial charge is 0.353 e. The Morgan fingerprint density at radius 3 is 2.18 bits per heavy atom. The summed E-state index contributed by atoms with van der Waals surface area (Å²) in [5.41, 5.74) is 5.27. The van der Waals surface area contributed by atoms with Crippen molar-refractivity contribution in [1.29, 1.82) is 0 Å². The normalized spacial score (nSPS) is 15.4. The molecule has 0 rings (SSSR count). The number of nitrogens with two attached hydrogens (primary N) is 1. The van der Waals surface area contributed by atoms with Gasteiger partial charge in [-0.1, -0.05) is 27.2 Å². The number of nitrogens with one attached hydrogen (secondary N) is 1. The van der Waals surface area contributed by atoms with E-state index in [4.69, 9.17) is 5.73 Å². The second-order valence-electron chi connectivity index (χ2n) is 4.94. The van der Waals surface area contributed by atoms with Gasteiger partial charge in [-0.2, -0.15) is 11.8 Å². The first kappa shape index (κ1) is 16.8. The highest BCUT2D eigenvalue weighted by Gasteiger charge is 2.30. The van der Waals surface area contributed by atoms with Crippen LogP contribution in [0.5, 0.6) is 0 Å². The van der Waals surface area contributed by atoms with Crippen molar-refractivity contribution in [3.05, 3.63) is 0 Å². The molecule has 1 unspecified atom stereocenters. The Balaban J connectivity index is 4.40. The van der Waals surface area contributed by atoms with Crippen LogP contribution in [-0.4, -0.2) is 29.0 Å². The van der Waals surface area contributed by atoms with Crippen molar-refractivity contribution in [1.82, 2.24) is 5.32 Å². The Hall–Kier alpha value is -0.220. The van der Waals surface area contributed by atoms with Crippen LogP contribution in [0.25, 0.3) is 0 Å². The van der Waals surface area contributed by atoms with Crippen molar-refractivity contribution in [3.8, 4) is 0 Å². The molecule has 0 spiro atoms. The van der Waals surface area contributed by atoms with E-state index < -0.39 is 5.54 Å². The fourth-order valence-corrected chi connectivity index (χ4v) is 2.73. The SMILES string of the molecule is CCCC(C)(N)C(=O)NCC(CC)(CC)SC. The van der Waals surface area contributed by atoms with Crippen molar-refractivity contribution in [3.63, 3.8) is 0 Å². The quantitative estimate of drug-likeness (QED) is 0.705. The van der Waals surface area contributed by atoms with Crippen LogP contribution in [0, 0.1) is 0 Å². The van der Waals surface area contributed by atoms with E-state index in [1.54, 1.807) is 0 Å². The molecule has 0 fully saturated rings. The Labute approximate surface area is 110 Å². The molecule has 0 saturated heterocycles. The van der Waals surface area contributed by atoms with Crippen LogP contribution < -0.4 is 11.1 Å². The molecule has 0 saturated carbocycles. The first-order chi connectivity index (χ1) is 7.87. The average Bonchev–Trinajstić information content (AvgIpc) is 2.31. The summed E-state index contributed by atoms with van der Waals surface area (Å²) in [5.74, 6) is -0.0281. The van der Waals surface area contributed by atoms with Crippen LogP contribution in [0.1, 0.15) is 53.4 Å². The van der Waals surface area contributed by atoms with Crippen molar-refractivity contribution < 1.29 is 4.79 Å². The lowest BCUT2D eigenvalue weighted by Gasteiger charge is -2.32. The van der Waals surface area contributed by atoms with Gasteiger partial charge in [0.15, 0.2) is 0 Å². The van der Waals surface area contributed by atoms with Gasteiger partial charge in [-0.25, -0.2) is 0 Å². The monoisotopic (exact) mass is 260 g/mol. The summed E-state index contributed by atoms with van der Waals surface area (Å²) in [4.78, 5) is 12.0. The molecule has 0 aromatic heterocycles. The van der Waals surface area contributed by atoms with E-state index >= 15 is 0 Å². The first-order valence-corrected chi connectivity index (χ1v) is 7.72. The molecule has 102 valence electrons. The molecule has 0 aromatic rings. The van der Waals surface area contributed by atoms with Crippen molar-refractivity contribution in [2.75, 3.05) is 12.8 Å². The molecule has 0 aromatic carbocycles. The van der Waals surface area contributed by atoms with Gasteiger partial charge in [-0.05, 0) is 32.4 Å². The maximum atomic E-state index is 12.0. The molecule has 3 N–H and O–H groups in total. The van der Waals surface area contributed by atoms with Gasteiger partial charge in [-0.3, -0.25) is 4.79 Å². The zero-order valence-electron chi connectivity index (χ0n) is 11.9. The van der Waals surface area contributed by atoms with Crippen LogP contribution in [0.15, 0.2) is 0 Å². The average molecular weight is 260 g/mol. The highest BCUT2D eigenvalue weighted by Crippen LogP contribution is 2.29. The molecule has 17 heavy (non-hydrogen) atoms. The maximum absolute atomic E-state index is 12.0. The van der Waals surface area contributed by atoms with E-state index in [1.165, 1.54) is 0 Å². The number of hydrogen-bond donors (Lipinski definition) is 2. The summed E-state index contributed by atoms with van der Waals surface area (Å²) >= 11 is 1.83. The van der Waals surface area contributed by atoms with Crippen LogP contribution in [0.2, 0.25) is 0 Å². The van der Waals surface area contributed by atoms with Gasteiger partial charge in [0.25, 0.3) is 0 Å². The third-order valence-electron chi connectivity index (χ3n) is 3.58. The van der Waals surface area contributed by atoms with Crippen LogP contribution in [-0.2, 0) is 4.79 Å². The predicted molar refractivity (Wildman–Crippen MR) is 77.3 cm³/mol. The molecule has 0 aliphatic carbocycles. The molecular formula is C13H28N2OS. The standard InChI is InChI=1S/C13H28N2OS/c1-6-9-12(4,14)11(16)15-10-13(7-2,8-3)17-5/h6-10,14H2,1-5H3,(H,15,16). The lowest BCUT2D eigenvalue weighted by molar-refractivity contribution is -0.126. The van der Waals surface area contributed by atoms with Gasteiger partial charge >= 0.3 is 0 Å². The van der Waals surface area contributed by atoms with Crippen LogP contribution >= 0.6 is 11.8 Å². The van der Waals surface area contributed by atoms with Gasteiger partial charge in [0.2, 0.25) is 5.91 Å². The molecule has 0 bridgehead atoms. The molecule has 3 nitrogen and oxygen atoms in total. The minimum absolute atomic E-state index is 0.0281. The topological polar surface area (TPSA) is 55.1 Å². The molecular weight excluding hydrogens is 232 g/mol. The fraction of sp³-hybridized carbons (Fsp3) is 0.923.